The summed E-state index contributed by atoms with van der Waals surface area (Å²) in [5.74, 6) is -28.2. The van der Waals surface area contributed by atoms with E-state index in [1.165, 1.54) is 12.1 Å². The minimum absolute atomic E-state index is 0.438. The lowest BCUT2D eigenvalue weighted by Gasteiger charge is -2.39. The first-order valence-corrected chi connectivity index (χ1v) is 8.33. The van der Waals surface area contributed by atoms with Crippen molar-refractivity contribution in [3.05, 3.63) is 35.4 Å². The molecule has 1 aromatic rings. The third-order valence-corrected chi connectivity index (χ3v) is 4.54. The van der Waals surface area contributed by atoms with Crippen molar-refractivity contribution in [1.29, 1.82) is 0 Å². The number of alkyl halides is 11. The Hall–Kier alpha value is -1.59. The molecule has 0 saturated carbocycles. The Labute approximate surface area is 164 Å². The molecule has 0 spiro atoms. The van der Waals surface area contributed by atoms with Crippen LogP contribution in [0.3, 0.4) is 0 Å². The molecule has 1 N–H and O–H groups in total. The average molecular weight is 460 g/mol. The number of hydrogen-bond acceptors (Lipinski definition) is 1. The van der Waals surface area contributed by atoms with Crippen molar-refractivity contribution >= 4 is 0 Å². The Morgan fingerprint density at radius 3 is 1.30 bits per heavy atom. The molecule has 0 bridgehead atoms. The van der Waals surface area contributed by atoms with Gasteiger partial charge in [-0.2, -0.15) is 48.3 Å². The van der Waals surface area contributed by atoms with Gasteiger partial charge in [-0.15, -0.1) is 0 Å². The Balaban J connectivity index is 3.33. The molecular formula is C18H19F11O. The van der Waals surface area contributed by atoms with E-state index in [1.54, 1.807) is 20.8 Å². The topological polar surface area (TPSA) is 20.2 Å². The molecule has 0 fully saturated rings. The van der Waals surface area contributed by atoms with Crippen LogP contribution in [0, 0.1) is 0 Å². The van der Waals surface area contributed by atoms with Crippen LogP contribution in [0.2, 0.25) is 0 Å². The van der Waals surface area contributed by atoms with Gasteiger partial charge in [0.25, 0.3) is 0 Å². The molecule has 0 aliphatic rings. The van der Waals surface area contributed by atoms with Gasteiger partial charge < -0.3 is 5.11 Å². The van der Waals surface area contributed by atoms with E-state index < -0.39 is 52.9 Å². The standard InChI is InChI=1S/C18H19F11O/c1-12(2,3)10-5-7-11(8-6-10)13(4,30)9-14(19,20)15(21,22)16(23,24)17(25,26)18(27,28)29/h5-8,30H,9H2,1-4H3. The summed E-state index contributed by atoms with van der Waals surface area (Å²) in [6.45, 7) is 5.80. The lowest BCUT2D eigenvalue weighted by Crippen LogP contribution is -2.67. The predicted octanol–water partition coefficient (Wildman–Crippen LogP) is 6.69. The molecule has 12 heteroatoms. The van der Waals surface area contributed by atoms with Crippen LogP contribution in [0.15, 0.2) is 24.3 Å². The summed E-state index contributed by atoms with van der Waals surface area (Å²) in [5, 5.41) is 10.1. The van der Waals surface area contributed by atoms with Crippen molar-refractivity contribution in [3.63, 3.8) is 0 Å². The second-order valence-electron chi connectivity index (χ2n) is 8.20. The monoisotopic (exact) mass is 460 g/mol. The zero-order valence-electron chi connectivity index (χ0n) is 16.1. The number of benzene rings is 1. The smallest absolute Gasteiger partial charge is 0.385 e. The number of rotatable bonds is 6. The summed E-state index contributed by atoms with van der Waals surface area (Å²) in [5.41, 5.74) is -3.24. The minimum Gasteiger partial charge on any atom is -0.385 e. The fraction of sp³-hybridized carbons (Fsp3) is 0.667. The van der Waals surface area contributed by atoms with Gasteiger partial charge in [0.05, 0.1) is 12.0 Å². The van der Waals surface area contributed by atoms with Gasteiger partial charge >= 0.3 is 29.9 Å². The molecule has 1 aromatic carbocycles. The Kier molecular flexibility index (Phi) is 6.38. The van der Waals surface area contributed by atoms with Gasteiger partial charge in [-0.25, -0.2) is 0 Å². The third-order valence-electron chi connectivity index (χ3n) is 4.54. The molecule has 1 unspecified atom stereocenters. The summed E-state index contributed by atoms with van der Waals surface area (Å²) in [7, 11) is 0. The third kappa shape index (κ3) is 4.38. The van der Waals surface area contributed by atoms with Gasteiger partial charge in [-0.05, 0) is 23.5 Å². The van der Waals surface area contributed by atoms with E-state index >= 15 is 0 Å². The average Bonchev–Trinajstić information content (AvgIpc) is 2.51. The van der Waals surface area contributed by atoms with E-state index in [4.69, 9.17) is 0 Å². The number of aliphatic hydroxyl groups is 1. The maximum atomic E-state index is 14.0. The highest BCUT2D eigenvalue weighted by atomic mass is 19.4. The van der Waals surface area contributed by atoms with Crippen LogP contribution >= 0.6 is 0 Å². The molecular weight excluding hydrogens is 441 g/mol. The van der Waals surface area contributed by atoms with Crippen molar-refractivity contribution < 1.29 is 53.4 Å². The van der Waals surface area contributed by atoms with Gasteiger partial charge in [0, 0.05) is 0 Å². The second kappa shape index (κ2) is 7.23. The van der Waals surface area contributed by atoms with Crippen LogP contribution < -0.4 is 0 Å². The fourth-order valence-corrected chi connectivity index (χ4v) is 2.58. The molecule has 0 saturated heterocycles. The fourth-order valence-electron chi connectivity index (χ4n) is 2.58. The molecule has 0 aliphatic carbocycles. The van der Waals surface area contributed by atoms with Crippen LogP contribution in [-0.4, -0.2) is 35.0 Å². The zero-order chi connectivity index (χ0) is 24.2. The molecule has 0 heterocycles. The Morgan fingerprint density at radius 2 is 0.967 bits per heavy atom. The normalized spacial score (nSPS) is 17.1. The van der Waals surface area contributed by atoms with Crippen molar-refractivity contribution in [2.24, 2.45) is 0 Å². The van der Waals surface area contributed by atoms with Crippen LogP contribution in [-0.2, 0) is 11.0 Å². The maximum absolute atomic E-state index is 14.0. The molecule has 1 atom stereocenters. The van der Waals surface area contributed by atoms with E-state index in [9.17, 15) is 53.4 Å². The van der Waals surface area contributed by atoms with Crippen LogP contribution in [0.4, 0.5) is 48.3 Å². The summed E-state index contributed by atoms with van der Waals surface area (Å²) >= 11 is 0. The highest BCUT2D eigenvalue weighted by Gasteiger charge is 2.87. The summed E-state index contributed by atoms with van der Waals surface area (Å²) in [6.07, 6.45) is -9.77. The first-order valence-electron chi connectivity index (χ1n) is 8.33. The summed E-state index contributed by atoms with van der Waals surface area (Å²) in [6, 6.07) is 4.70. The van der Waals surface area contributed by atoms with E-state index in [2.05, 4.69) is 0 Å². The highest BCUT2D eigenvalue weighted by molar-refractivity contribution is 5.31. The van der Waals surface area contributed by atoms with Crippen molar-refractivity contribution in [2.45, 2.75) is 75.0 Å². The van der Waals surface area contributed by atoms with Gasteiger partial charge in [-0.1, -0.05) is 45.0 Å². The lowest BCUT2D eigenvalue weighted by atomic mass is 9.82. The molecule has 0 amide bonds. The molecule has 1 nitrogen and oxygen atoms in total. The van der Waals surface area contributed by atoms with Gasteiger partial charge in [0.1, 0.15) is 0 Å². The maximum Gasteiger partial charge on any atom is 0.460 e. The van der Waals surface area contributed by atoms with Crippen molar-refractivity contribution in [1.82, 2.24) is 0 Å². The predicted molar refractivity (Wildman–Crippen MR) is 85.2 cm³/mol. The molecule has 174 valence electrons. The molecule has 0 aromatic heterocycles. The van der Waals surface area contributed by atoms with Crippen molar-refractivity contribution in [2.75, 3.05) is 0 Å². The number of halogens is 11. The first kappa shape index (κ1) is 26.4. The van der Waals surface area contributed by atoms with E-state index in [0.717, 1.165) is 12.1 Å². The minimum atomic E-state index is -7.49. The molecule has 0 radical (unpaired) electrons. The van der Waals surface area contributed by atoms with Crippen LogP contribution in [0.25, 0.3) is 0 Å². The zero-order valence-corrected chi connectivity index (χ0v) is 16.1. The largest absolute Gasteiger partial charge is 0.460 e. The number of hydrogen-bond donors (Lipinski definition) is 1. The molecule has 0 aliphatic heterocycles. The highest BCUT2D eigenvalue weighted by Crippen LogP contribution is 2.59. The van der Waals surface area contributed by atoms with E-state index in [1.807, 2.05) is 0 Å². The SMILES string of the molecule is CC(C)(C)c1ccc(C(C)(O)CC(F)(F)C(F)(F)C(F)(F)C(F)(F)C(F)(F)F)cc1. The van der Waals surface area contributed by atoms with E-state index in [0.29, 0.717) is 12.5 Å². The molecule has 1 rings (SSSR count). The van der Waals surface area contributed by atoms with Crippen LogP contribution in [0.1, 0.15) is 45.2 Å². The summed E-state index contributed by atoms with van der Waals surface area (Å²) in [4.78, 5) is 0. The van der Waals surface area contributed by atoms with Crippen molar-refractivity contribution in [3.8, 4) is 0 Å². The second-order valence-corrected chi connectivity index (χ2v) is 8.20. The van der Waals surface area contributed by atoms with Gasteiger partial charge in [0.2, 0.25) is 0 Å². The van der Waals surface area contributed by atoms with Gasteiger partial charge in [0.15, 0.2) is 0 Å². The Morgan fingerprint density at radius 1 is 0.600 bits per heavy atom. The molecule has 30 heavy (non-hydrogen) atoms. The first-order chi connectivity index (χ1) is 12.9. The van der Waals surface area contributed by atoms with Crippen LogP contribution in [0.5, 0.6) is 0 Å². The lowest BCUT2D eigenvalue weighted by molar-refractivity contribution is -0.424. The van der Waals surface area contributed by atoms with Gasteiger partial charge in [-0.3, -0.25) is 0 Å². The quantitative estimate of drug-likeness (QED) is 0.470. The summed E-state index contributed by atoms with van der Waals surface area (Å²) < 4.78 is 144. The Bertz CT molecular complexity index is 741. The van der Waals surface area contributed by atoms with E-state index in [-0.39, 0.29) is 0 Å².